The van der Waals surface area contributed by atoms with Crippen LogP contribution in [0, 0.1) is 5.41 Å². The number of carbonyl (C=O) groups is 1. The number of carbonyl (C=O) groups excluding carboxylic acids is 1. The van der Waals surface area contributed by atoms with Gasteiger partial charge in [-0.1, -0.05) is 6.92 Å². The maximum Gasteiger partial charge on any atom is 0.314 e. The number of hydrogen-bond donors (Lipinski definition) is 2. The summed E-state index contributed by atoms with van der Waals surface area (Å²) in [5, 5.41) is 19.7. The van der Waals surface area contributed by atoms with E-state index in [-0.39, 0.29) is 19.0 Å². The molecule has 5 nitrogen and oxygen atoms in total. The molecule has 2 aliphatic rings. The molecule has 0 unspecified atom stereocenters. The lowest BCUT2D eigenvalue weighted by molar-refractivity contribution is -0.173. The zero-order valence-corrected chi connectivity index (χ0v) is 11.1. The molecule has 5 heteroatoms. The molecule has 104 valence electrons. The first-order valence-corrected chi connectivity index (χ1v) is 6.53. The molecule has 2 rings (SSSR count). The molecule has 1 heterocycles. The Labute approximate surface area is 107 Å². The van der Waals surface area contributed by atoms with E-state index in [1.165, 1.54) is 7.11 Å². The Kier molecular flexibility index (Phi) is 3.42. The number of hydrogen-bond acceptors (Lipinski definition) is 5. The van der Waals surface area contributed by atoms with Gasteiger partial charge in [-0.15, -0.1) is 0 Å². The van der Waals surface area contributed by atoms with Crippen LogP contribution in [0.2, 0.25) is 0 Å². The highest BCUT2D eigenvalue weighted by atomic mass is 16.6. The van der Waals surface area contributed by atoms with Crippen molar-refractivity contribution in [2.24, 2.45) is 5.41 Å². The minimum atomic E-state index is -1.19. The molecule has 0 bridgehead atoms. The Morgan fingerprint density at radius 2 is 2.11 bits per heavy atom. The molecule has 2 fully saturated rings. The Morgan fingerprint density at radius 1 is 1.44 bits per heavy atom. The molecule has 3 atom stereocenters. The molecule has 1 saturated carbocycles. The lowest BCUT2D eigenvalue weighted by Crippen LogP contribution is -2.55. The lowest BCUT2D eigenvalue weighted by atomic mass is 9.60. The van der Waals surface area contributed by atoms with Gasteiger partial charge in [0.15, 0.2) is 0 Å². The average molecular weight is 258 g/mol. The molecule has 0 radical (unpaired) electrons. The minimum Gasteiger partial charge on any atom is -0.469 e. The Bertz CT molecular complexity index is 338. The summed E-state index contributed by atoms with van der Waals surface area (Å²) in [6, 6.07) is 0. The maximum atomic E-state index is 12.2. The summed E-state index contributed by atoms with van der Waals surface area (Å²) < 4.78 is 10.5. The lowest BCUT2D eigenvalue weighted by Gasteiger charge is -2.45. The molecule has 0 spiro atoms. The van der Waals surface area contributed by atoms with Crippen molar-refractivity contribution >= 4 is 5.97 Å². The van der Waals surface area contributed by atoms with Crippen molar-refractivity contribution in [1.82, 2.24) is 0 Å². The monoisotopic (exact) mass is 258 g/mol. The third-order valence-electron chi connectivity index (χ3n) is 4.68. The van der Waals surface area contributed by atoms with Gasteiger partial charge in [0.25, 0.3) is 0 Å². The van der Waals surface area contributed by atoms with E-state index >= 15 is 0 Å². The highest BCUT2D eigenvalue weighted by Crippen LogP contribution is 2.57. The van der Waals surface area contributed by atoms with Crippen molar-refractivity contribution in [3.63, 3.8) is 0 Å². The van der Waals surface area contributed by atoms with Gasteiger partial charge in [-0.25, -0.2) is 0 Å². The third kappa shape index (κ3) is 1.85. The van der Waals surface area contributed by atoms with Gasteiger partial charge in [0.05, 0.1) is 25.9 Å². The summed E-state index contributed by atoms with van der Waals surface area (Å²) in [5.74, 6) is -0.326. The standard InChI is InChI=1S/C13H22O5/c1-3-13(9-18-13)12(10(15)17-2)6-4-5-11(16,7-12)8-14/h14,16H,3-9H2,1-2H3/t11-,12-,13+/m0/s1. The average Bonchev–Trinajstić information content (AvgIpc) is 3.19. The topological polar surface area (TPSA) is 79.3 Å². The second-order valence-corrected chi connectivity index (χ2v) is 5.62. The van der Waals surface area contributed by atoms with E-state index in [1.54, 1.807) is 0 Å². The molecule has 0 amide bonds. The van der Waals surface area contributed by atoms with Crippen LogP contribution in [0.4, 0.5) is 0 Å². The van der Waals surface area contributed by atoms with Crippen molar-refractivity contribution in [3.05, 3.63) is 0 Å². The summed E-state index contributed by atoms with van der Waals surface area (Å²) in [6.07, 6.45) is 2.79. The first kappa shape index (κ1) is 13.8. The van der Waals surface area contributed by atoms with Gasteiger partial charge < -0.3 is 19.7 Å². The first-order valence-electron chi connectivity index (χ1n) is 6.53. The quantitative estimate of drug-likeness (QED) is 0.571. The molecule has 2 N–H and O–H groups in total. The van der Waals surface area contributed by atoms with E-state index < -0.39 is 16.6 Å². The number of ether oxygens (including phenoxy) is 2. The van der Waals surface area contributed by atoms with E-state index in [1.807, 2.05) is 6.92 Å². The highest BCUT2D eigenvalue weighted by molar-refractivity contribution is 5.79. The van der Waals surface area contributed by atoms with E-state index in [0.717, 1.165) is 0 Å². The smallest absolute Gasteiger partial charge is 0.314 e. The van der Waals surface area contributed by atoms with Crippen LogP contribution >= 0.6 is 0 Å². The SMILES string of the molecule is CC[C@]1([C@@]2(C(=O)OC)CCC[C@@](O)(CO)C2)CO1. The second-order valence-electron chi connectivity index (χ2n) is 5.62. The molecular weight excluding hydrogens is 236 g/mol. The van der Waals surface area contributed by atoms with Crippen LogP contribution in [0.15, 0.2) is 0 Å². The molecule has 1 aliphatic heterocycles. The van der Waals surface area contributed by atoms with Crippen LogP contribution in [0.25, 0.3) is 0 Å². The number of epoxide rings is 1. The van der Waals surface area contributed by atoms with Gasteiger partial charge >= 0.3 is 5.97 Å². The van der Waals surface area contributed by atoms with E-state index in [2.05, 4.69) is 0 Å². The van der Waals surface area contributed by atoms with E-state index in [4.69, 9.17) is 9.47 Å². The number of rotatable bonds is 4. The van der Waals surface area contributed by atoms with Crippen molar-refractivity contribution in [2.45, 2.75) is 50.2 Å². The number of aliphatic hydroxyl groups excluding tert-OH is 1. The van der Waals surface area contributed by atoms with Crippen LogP contribution in [0.3, 0.4) is 0 Å². The van der Waals surface area contributed by atoms with Crippen molar-refractivity contribution in [3.8, 4) is 0 Å². The zero-order valence-electron chi connectivity index (χ0n) is 11.1. The minimum absolute atomic E-state index is 0.219. The van der Waals surface area contributed by atoms with Gasteiger partial charge in [-0.3, -0.25) is 4.79 Å². The highest BCUT2D eigenvalue weighted by Gasteiger charge is 2.67. The number of esters is 1. The predicted octanol–water partition coefficient (Wildman–Crippen LogP) is 0.622. The van der Waals surface area contributed by atoms with Crippen LogP contribution in [0.5, 0.6) is 0 Å². The molecule has 1 saturated heterocycles. The molecular formula is C13H22O5. The summed E-state index contributed by atoms with van der Waals surface area (Å²) in [5.41, 5.74) is -2.52. The molecule has 18 heavy (non-hydrogen) atoms. The largest absolute Gasteiger partial charge is 0.469 e. The van der Waals surface area contributed by atoms with Gasteiger partial charge in [0.2, 0.25) is 0 Å². The number of aliphatic hydroxyl groups is 2. The van der Waals surface area contributed by atoms with Gasteiger partial charge in [0, 0.05) is 0 Å². The Balaban J connectivity index is 2.34. The molecule has 0 aromatic rings. The summed E-state index contributed by atoms with van der Waals surface area (Å²) in [4.78, 5) is 12.2. The van der Waals surface area contributed by atoms with Crippen molar-refractivity contribution < 1.29 is 24.5 Å². The third-order valence-corrected chi connectivity index (χ3v) is 4.68. The van der Waals surface area contributed by atoms with Crippen LogP contribution in [0.1, 0.15) is 39.0 Å². The van der Waals surface area contributed by atoms with Crippen LogP contribution in [-0.2, 0) is 14.3 Å². The summed E-state index contributed by atoms with van der Waals surface area (Å²) in [6.45, 7) is 2.18. The van der Waals surface area contributed by atoms with E-state index in [0.29, 0.717) is 32.3 Å². The fourth-order valence-corrected chi connectivity index (χ4v) is 3.44. The number of methoxy groups -OCH3 is 1. The van der Waals surface area contributed by atoms with Gasteiger partial charge in [-0.05, 0) is 32.1 Å². The Morgan fingerprint density at radius 3 is 2.56 bits per heavy atom. The van der Waals surface area contributed by atoms with Crippen molar-refractivity contribution in [1.29, 1.82) is 0 Å². The van der Waals surface area contributed by atoms with Crippen LogP contribution in [-0.4, -0.2) is 47.7 Å². The maximum absolute atomic E-state index is 12.2. The second kappa shape index (κ2) is 4.47. The summed E-state index contributed by atoms with van der Waals surface area (Å²) >= 11 is 0. The zero-order chi connectivity index (χ0) is 13.4. The molecule has 0 aromatic heterocycles. The van der Waals surface area contributed by atoms with Gasteiger partial charge in [-0.2, -0.15) is 0 Å². The first-order chi connectivity index (χ1) is 8.47. The van der Waals surface area contributed by atoms with Gasteiger partial charge in [0.1, 0.15) is 11.0 Å². The molecule has 1 aliphatic carbocycles. The fraction of sp³-hybridized carbons (Fsp3) is 0.923. The Hall–Kier alpha value is -0.650. The van der Waals surface area contributed by atoms with Crippen molar-refractivity contribution in [2.75, 3.05) is 20.3 Å². The predicted molar refractivity (Wildman–Crippen MR) is 63.9 cm³/mol. The van der Waals surface area contributed by atoms with E-state index in [9.17, 15) is 15.0 Å². The summed E-state index contributed by atoms with van der Waals surface area (Å²) in [7, 11) is 1.36. The van der Waals surface area contributed by atoms with Crippen LogP contribution < -0.4 is 0 Å². The normalized spacial score (nSPS) is 43.6. The fourth-order valence-electron chi connectivity index (χ4n) is 3.44. The molecule has 0 aromatic carbocycles.